The van der Waals surface area contributed by atoms with Gasteiger partial charge in [0.2, 0.25) is 0 Å². The predicted octanol–water partition coefficient (Wildman–Crippen LogP) is 4.14. The fourth-order valence-electron chi connectivity index (χ4n) is 4.43. The highest BCUT2D eigenvalue weighted by Crippen LogP contribution is 2.34. The van der Waals surface area contributed by atoms with E-state index in [1.54, 1.807) is 18.6 Å². The van der Waals surface area contributed by atoms with E-state index in [4.69, 9.17) is 5.73 Å². The third-order valence-corrected chi connectivity index (χ3v) is 5.96. The van der Waals surface area contributed by atoms with Crippen molar-refractivity contribution in [1.82, 2.24) is 30.1 Å². The fraction of sp³-hybridized carbons (Fsp3) is 0.217. The maximum Gasteiger partial charge on any atom is 0.139 e. The zero-order chi connectivity index (χ0) is 20.8. The van der Waals surface area contributed by atoms with Gasteiger partial charge in [-0.05, 0) is 43.5 Å². The molecule has 0 atom stereocenters. The van der Waals surface area contributed by atoms with Crippen LogP contribution >= 0.6 is 0 Å². The third-order valence-electron chi connectivity index (χ3n) is 5.96. The number of piperidine rings is 1. The molecule has 6 rings (SSSR count). The van der Waals surface area contributed by atoms with E-state index in [0.29, 0.717) is 5.69 Å². The highest BCUT2D eigenvalue weighted by molar-refractivity contribution is 5.99. The van der Waals surface area contributed by atoms with E-state index in [1.165, 1.54) is 24.9 Å². The number of rotatable bonds is 3. The van der Waals surface area contributed by atoms with Crippen molar-refractivity contribution in [1.29, 1.82) is 0 Å². The summed E-state index contributed by atoms with van der Waals surface area (Å²) in [4.78, 5) is 19.2. The third kappa shape index (κ3) is 3.07. The Morgan fingerprint density at radius 3 is 2.71 bits per heavy atom. The highest BCUT2D eigenvalue weighted by Gasteiger charge is 2.18. The number of aromatic amines is 2. The van der Waals surface area contributed by atoms with Gasteiger partial charge in [-0.25, -0.2) is 4.98 Å². The summed E-state index contributed by atoms with van der Waals surface area (Å²) in [5.41, 5.74) is 13.0. The van der Waals surface area contributed by atoms with Crippen molar-refractivity contribution in [2.45, 2.75) is 19.3 Å². The second-order valence-corrected chi connectivity index (χ2v) is 8.02. The van der Waals surface area contributed by atoms with E-state index in [1.807, 2.05) is 18.3 Å². The molecule has 5 aromatic rings. The largest absolute Gasteiger partial charge is 0.397 e. The molecule has 8 heteroatoms. The van der Waals surface area contributed by atoms with Gasteiger partial charge in [0.05, 0.1) is 28.8 Å². The molecule has 5 aromatic heterocycles. The van der Waals surface area contributed by atoms with Gasteiger partial charge in [0.1, 0.15) is 11.3 Å². The van der Waals surface area contributed by atoms with Crippen molar-refractivity contribution < 1.29 is 0 Å². The Hall–Kier alpha value is -3.94. The number of nitrogens with one attached hydrogen (secondary N) is 2. The van der Waals surface area contributed by atoms with Crippen molar-refractivity contribution in [3.8, 4) is 22.6 Å². The molecule has 4 N–H and O–H groups in total. The molecule has 1 saturated heterocycles. The lowest BCUT2D eigenvalue weighted by molar-refractivity contribution is 0.579. The quantitative estimate of drug-likeness (QED) is 0.412. The Labute approximate surface area is 178 Å². The number of hydrogen-bond donors (Lipinski definition) is 3. The van der Waals surface area contributed by atoms with Crippen molar-refractivity contribution in [2.75, 3.05) is 23.7 Å². The molecular weight excluding hydrogens is 388 g/mol. The van der Waals surface area contributed by atoms with Gasteiger partial charge in [-0.3, -0.25) is 15.1 Å². The Kier molecular flexibility index (Phi) is 4.09. The van der Waals surface area contributed by atoms with Crippen molar-refractivity contribution >= 4 is 33.3 Å². The van der Waals surface area contributed by atoms with Crippen LogP contribution in [0.4, 0.5) is 11.4 Å². The van der Waals surface area contributed by atoms with E-state index in [9.17, 15) is 0 Å². The number of nitrogens with two attached hydrogens (primary N) is 1. The summed E-state index contributed by atoms with van der Waals surface area (Å²) in [7, 11) is 0. The molecule has 154 valence electrons. The van der Waals surface area contributed by atoms with E-state index in [2.05, 4.69) is 47.2 Å². The normalized spacial score (nSPS) is 14.5. The molecule has 6 heterocycles. The number of aromatic nitrogens is 6. The zero-order valence-electron chi connectivity index (χ0n) is 17.0. The van der Waals surface area contributed by atoms with E-state index < -0.39 is 0 Å². The number of hydrogen-bond acceptors (Lipinski definition) is 6. The summed E-state index contributed by atoms with van der Waals surface area (Å²) in [5, 5.41) is 9.79. The first-order chi connectivity index (χ1) is 15.3. The molecule has 1 aliphatic heterocycles. The van der Waals surface area contributed by atoms with Crippen LogP contribution in [0, 0.1) is 0 Å². The minimum Gasteiger partial charge on any atom is -0.397 e. The van der Waals surface area contributed by atoms with Crippen molar-refractivity contribution in [3.05, 3.63) is 49.1 Å². The molecule has 0 unspecified atom stereocenters. The topological polar surface area (TPSA) is 112 Å². The molecule has 31 heavy (non-hydrogen) atoms. The first-order valence-electron chi connectivity index (χ1n) is 10.5. The van der Waals surface area contributed by atoms with E-state index in [0.717, 1.165) is 57.7 Å². The number of anilines is 2. The molecule has 0 aromatic carbocycles. The predicted molar refractivity (Wildman–Crippen MR) is 123 cm³/mol. The summed E-state index contributed by atoms with van der Waals surface area (Å²) >= 11 is 0. The minimum absolute atomic E-state index is 0.610. The average Bonchev–Trinajstić information content (AvgIpc) is 3.43. The van der Waals surface area contributed by atoms with Gasteiger partial charge in [-0.2, -0.15) is 5.10 Å². The molecule has 0 amide bonds. The monoisotopic (exact) mass is 410 g/mol. The number of nitrogen functional groups attached to an aromatic ring is 1. The van der Waals surface area contributed by atoms with E-state index in [-0.39, 0.29) is 0 Å². The van der Waals surface area contributed by atoms with Crippen LogP contribution in [0.2, 0.25) is 0 Å². The highest BCUT2D eigenvalue weighted by atomic mass is 15.1. The van der Waals surface area contributed by atoms with Gasteiger partial charge in [-0.1, -0.05) is 0 Å². The molecule has 0 spiro atoms. The van der Waals surface area contributed by atoms with Crippen LogP contribution in [-0.2, 0) is 0 Å². The second-order valence-electron chi connectivity index (χ2n) is 8.02. The zero-order valence-corrected chi connectivity index (χ0v) is 17.0. The maximum absolute atomic E-state index is 5.90. The van der Waals surface area contributed by atoms with Crippen molar-refractivity contribution in [3.63, 3.8) is 0 Å². The molecule has 0 aliphatic carbocycles. The van der Waals surface area contributed by atoms with Crippen LogP contribution in [0.1, 0.15) is 19.3 Å². The van der Waals surface area contributed by atoms with Crippen LogP contribution in [0.25, 0.3) is 44.6 Å². The first-order valence-corrected chi connectivity index (χ1v) is 10.5. The van der Waals surface area contributed by atoms with Gasteiger partial charge in [-0.15, -0.1) is 0 Å². The lowest BCUT2D eigenvalue weighted by Gasteiger charge is -2.29. The molecule has 0 bridgehead atoms. The lowest BCUT2D eigenvalue weighted by atomic mass is 10.1. The Bertz CT molecular complexity index is 1390. The summed E-state index contributed by atoms with van der Waals surface area (Å²) in [6, 6.07) is 8.17. The van der Waals surface area contributed by atoms with Gasteiger partial charge >= 0.3 is 0 Å². The number of pyridine rings is 3. The lowest BCUT2D eigenvalue weighted by Crippen LogP contribution is -2.29. The number of nitrogens with zero attached hydrogens (tertiary/aromatic N) is 5. The molecule has 1 fully saturated rings. The van der Waals surface area contributed by atoms with Crippen LogP contribution in [0.5, 0.6) is 0 Å². The first kappa shape index (κ1) is 17.9. The van der Waals surface area contributed by atoms with Gasteiger partial charge in [0.25, 0.3) is 0 Å². The number of H-pyrrole nitrogens is 2. The van der Waals surface area contributed by atoms with Gasteiger partial charge in [0, 0.05) is 53.7 Å². The maximum atomic E-state index is 5.90. The van der Waals surface area contributed by atoms with Crippen LogP contribution < -0.4 is 10.6 Å². The van der Waals surface area contributed by atoms with Crippen LogP contribution in [0.15, 0.2) is 49.1 Å². The molecule has 0 radical (unpaired) electrons. The molecule has 8 nitrogen and oxygen atoms in total. The Balaban J connectivity index is 1.46. The molecular formula is C23H22N8. The Morgan fingerprint density at radius 1 is 0.935 bits per heavy atom. The van der Waals surface area contributed by atoms with Gasteiger partial charge in [0.15, 0.2) is 0 Å². The number of fused-ring (bicyclic) bond motifs is 2. The Morgan fingerprint density at radius 2 is 1.84 bits per heavy atom. The van der Waals surface area contributed by atoms with E-state index >= 15 is 0 Å². The summed E-state index contributed by atoms with van der Waals surface area (Å²) in [6.45, 7) is 2.18. The van der Waals surface area contributed by atoms with Crippen LogP contribution in [-0.4, -0.2) is 43.2 Å². The SMILES string of the molecule is Nc1cncc(-c2cc3c(-c4cc5c(N6CCCCC6)ccnc5[nH]4)n[nH]c3cn2)c1. The summed E-state index contributed by atoms with van der Waals surface area (Å²) < 4.78 is 0. The standard InChI is InChI=1S/C23H22N8/c24-15-8-14(11-25-12-15)18-9-16-20(13-27-18)29-30-22(16)19-10-17-21(4-5-26-23(17)28-19)31-6-2-1-3-7-31/h4-5,8-13H,1-3,6-7,24H2,(H,26,28)(H,29,30). The molecule has 0 saturated carbocycles. The van der Waals surface area contributed by atoms with Crippen molar-refractivity contribution in [2.24, 2.45) is 0 Å². The smallest absolute Gasteiger partial charge is 0.139 e. The summed E-state index contributed by atoms with van der Waals surface area (Å²) in [6.07, 6.45) is 10.8. The second kappa shape index (κ2) is 7.09. The molecule has 1 aliphatic rings. The fourth-order valence-corrected chi connectivity index (χ4v) is 4.43. The van der Waals surface area contributed by atoms with Gasteiger partial charge < -0.3 is 15.6 Å². The summed E-state index contributed by atoms with van der Waals surface area (Å²) in [5.74, 6) is 0. The van der Waals surface area contributed by atoms with Crippen LogP contribution in [0.3, 0.4) is 0 Å². The average molecular weight is 410 g/mol. The minimum atomic E-state index is 0.610.